The lowest BCUT2D eigenvalue weighted by Crippen LogP contribution is -2.26. The third-order valence-corrected chi connectivity index (χ3v) is 4.70. The summed E-state index contributed by atoms with van der Waals surface area (Å²) >= 11 is 0. The van der Waals surface area contributed by atoms with Crippen LogP contribution in [0.25, 0.3) is 17.1 Å². The number of tetrazole rings is 1. The van der Waals surface area contributed by atoms with Crippen LogP contribution in [0.4, 0.5) is 0 Å². The highest BCUT2D eigenvalue weighted by Gasteiger charge is 2.11. The molecule has 2 aromatic heterocycles. The first-order chi connectivity index (χ1) is 14.7. The van der Waals surface area contributed by atoms with E-state index in [2.05, 4.69) is 30.8 Å². The Hall–Kier alpha value is -3.88. The predicted molar refractivity (Wildman–Crippen MR) is 110 cm³/mol. The van der Waals surface area contributed by atoms with Crippen LogP contribution in [-0.4, -0.2) is 40.9 Å². The Bertz CT molecular complexity index is 1070. The van der Waals surface area contributed by atoms with Crippen LogP contribution >= 0.6 is 0 Å². The van der Waals surface area contributed by atoms with Gasteiger partial charge in [-0.2, -0.15) is 9.90 Å². The molecular formula is C21H22N8O. The Labute approximate surface area is 173 Å². The number of nitrogens with one attached hydrogen (secondary N) is 1. The fraction of sp³-hybridized carbons (Fsp3) is 0.238. The van der Waals surface area contributed by atoms with Crippen molar-refractivity contribution in [2.45, 2.75) is 32.4 Å². The number of carbonyl (C=O) groups excluding carboxylic acids is 1. The quantitative estimate of drug-likeness (QED) is 0.486. The second kappa shape index (κ2) is 9.08. The summed E-state index contributed by atoms with van der Waals surface area (Å²) in [6.07, 6.45) is 4.17. The number of carbonyl (C=O) groups is 1. The van der Waals surface area contributed by atoms with Gasteiger partial charge < -0.3 is 5.32 Å². The van der Waals surface area contributed by atoms with E-state index < -0.39 is 0 Å². The van der Waals surface area contributed by atoms with Crippen molar-refractivity contribution in [3.63, 3.8) is 0 Å². The first-order valence-electron chi connectivity index (χ1n) is 9.76. The lowest BCUT2D eigenvalue weighted by Gasteiger charge is -2.15. The first-order valence-corrected chi connectivity index (χ1v) is 9.76. The van der Waals surface area contributed by atoms with Crippen LogP contribution in [0.15, 0.2) is 67.3 Å². The molecule has 30 heavy (non-hydrogen) atoms. The molecule has 2 heterocycles. The predicted octanol–water partition coefficient (Wildman–Crippen LogP) is 2.58. The maximum Gasteiger partial charge on any atom is 0.220 e. The lowest BCUT2D eigenvalue weighted by molar-refractivity contribution is -0.121. The van der Waals surface area contributed by atoms with Crippen molar-refractivity contribution in [2.75, 3.05) is 0 Å². The number of aromatic nitrogens is 7. The number of benzene rings is 2. The molecular weight excluding hydrogens is 380 g/mol. The fourth-order valence-corrected chi connectivity index (χ4v) is 3.08. The largest absolute Gasteiger partial charge is 0.350 e. The van der Waals surface area contributed by atoms with E-state index in [1.165, 1.54) is 11.1 Å². The minimum Gasteiger partial charge on any atom is -0.350 e. The van der Waals surface area contributed by atoms with Gasteiger partial charge in [-0.3, -0.25) is 4.79 Å². The molecule has 1 amide bonds. The standard InChI is InChI=1S/C21H22N8O/c1-16(17-9-11-19(12-10-17)28-15-22-14-23-28)24-20(30)8-5-13-29-26-21(25-27-29)18-6-3-2-4-7-18/h2-4,6-7,9-12,14-16H,5,8,13H2,1H3,(H,24,30). The molecule has 2 aromatic carbocycles. The third kappa shape index (κ3) is 4.75. The van der Waals surface area contributed by atoms with E-state index in [1.54, 1.807) is 11.0 Å². The summed E-state index contributed by atoms with van der Waals surface area (Å²) in [6.45, 7) is 2.50. The fourth-order valence-electron chi connectivity index (χ4n) is 3.08. The van der Waals surface area contributed by atoms with Gasteiger partial charge in [-0.05, 0) is 36.3 Å². The van der Waals surface area contributed by atoms with Gasteiger partial charge >= 0.3 is 0 Å². The molecule has 9 heteroatoms. The monoisotopic (exact) mass is 402 g/mol. The maximum absolute atomic E-state index is 12.3. The zero-order valence-electron chi connectivity index (χ0n) is 16.6. The van der Waals surface area contributed by atoms with Gasteiger partial charge in [0, 0.05) is 12.0 Å². The normalized spacial score (nSPS) is 11.9. The van der Waals surface area contributed by atoms with Crippen LogP contribution in [0.3, 0.4) is 0 Å². The number of rotatable bonds is 8. The summed E-state index contributed by atoms with van der Waals surface area (Å²) in [5.41, 5.74) is 2.87. The molecule has 1 unspecified atom stereocenters. The number of hydrogen-bond donors (Lipinski definition) is 1. The summed E-state index contributed by atoms with van der Waals surface area (Å²) in [6, 6.07) is 17.5. The van der Waals surface area contributed by atoms with E-state index in [4.69, 9.17) is 0 Å². The lowest BCUT2D eigenvalue weighted by atomic mass is 10.1. The minimum absolute atomic E-state index is 0.00810. The molecule has 1 N–H and O–H groups in total. The third-order valence-electron chi connectivity index (χ3n) is 4.70. The molecule has 0 fully saturated rings. The van der Waals surface area contributed by atoms with Gasteiger partial charge in [0.2, 0.25) is 11.7 Å². The van der Waals surface area contributed by atoms with E-state index in [9.17, 15) is 4.79 Å². The average Bonchev–Trinajstić information content (AvgIpc) is 3.47. The smallest absolute Gasteiger partial charge is 0.220 e. The Morgan fingerprint density at radius 1 is 1.10 bits per heavy atom. The highest BCUT2D eigenvalue weighted by Crippen LogP contribution is 2.16. The minimum atomic E-state index is -0.0866. The van der Waals surface area contributed by atoms with Gasteiger partial charge in [0.15, 0.2) is 0 Å². The highest BCUT2D eigenvalue weighted by atomic mass is 16.1. The van der Waals surface area contributed by atoms with Gasteiger partial charge in [-0.15, -0.1) is 10.2 Å². The van der Waals surface area contributed by atoms with Crippen molar-refractivity contribution in [2.24, 2.45) is 0 Å². The van der Waals surface area contributed by atoms with Crippen LogP contribution in [0.1, 0.15) is 31.4 Å². The highest BCUT2D eigenvalue weighted by molar-refractivity contribution is 5.76. The molecule has 9 nitrogen and oxygen atoms in total. The Balaban J connectivity index is 1.24. The summed E-state index contributed by atoms with van der Waals surface area (Å²) in [4.78, 5) is 17.8. The maximum atomic E-state index is 12.3. The van der Waals surface area contributed by atoms with E-state index in [0.717, 1.165) is 16.8 Å². The van der Waals surface area contributed by atoms with Gasteiger partial charge in [0.1, 0.15) is 12.7 Å². The van der Waals surface area contributed by atoms with Crippen LogP contribution < -0.4 is 5.32 Å². The van der Waals surface area contributed by atoms with E-state index in [-0.39, 0.29) is 11.9 Å². The topological polar surface area (TPSA) is 103 Å². The SMILES string of the molecule is CC(NC(=O)CCCn1nnc(-c2ccccc2)n1)c1ccc(-n2cncn2)cc1. The van der Waals surface area contributed by atoms with E-state index in [0.29, 0.717) is 25.2 Å². The Morgan fingerprint density at radius 3 is 2.63 bits per heavy atom. The molecule has 0 saturated carbocycles. The van der Waals surface area contributed by atoms with Crippen molar-refractivity contribution in [1.29, 1.82) is 0 Å². The van der Waals surface area contributed by atoms with Crippen molar-refractivity contribution in [3.05, 3.63) is 72.8 Å². The van der Waals surface area contributed by atoms with E-state index in [1.807, 2.05) is 61.5 Å². The second-order valence-corrected chi connectivity index (χ2v) is 6.90. The van der Waals surface area contributed by atoms with Crippen molar-refractivity contribution in [1.82, 2.24) is 40.3 Å². The van der Waals surface area contributed by atoms with Gasteiger partial charge in [0.05, 0.1) is 18.3 Å². The van der Waals surface area contributed by atoms with Crippen LogP contribution in [0, 0.1) is 0 Å². The Morgan fingerprint density at radius 2 is 1.90 bits per heavy atom. The summed E-state index contributed by atoms with van der Waals surface area (Å²) in [5.74, 6) is 0.578. The Kier molecular flexibility index (Phi) is 5.88. The molecule has 4 rings (SSSR count). The molecule has 1 atom stereocenters. The first kappa shape index (κ1) is 19.4. The zero-order chi connectivity index (χ0) is 20.8. The molecule has 0 saturated heterocycles. The average molecular weight is 402 g/mol. The van der Waals surface area contributed by atoms with Gasteiger partial charge in [-0.25, -0.2) is 9.67 Å². The molecule has 0 aliphatic heterocycles. The van der Waals surface area contributed by atoms with Crippen LogP contribution in [-0.2, 0) is 11.3 Å². The molecule has 0 radical (unpaired) electrons. The van der Waals surface area contributed by atoms with Crippen LogP contribution in [0.5, 0.6) is 0 Å². The second-order valence-electron chi connectivity index (χ2n) is 6.90. The van der Waals surface area contributed by atoms with Crippen molar-refractivity contribution >= 4 is 5.91 Å². The summed E-state index contributed by atoms with van der Waals surface area (Å²) < 4.78 is 1.69. The molecule has 0 bridgehead atoms. The number of hydrogen-bond acceptors (Lipinski definition) is 6. The molecule has 0 spiro atoms. The summed E-state index contributed by atoms with van der Waals surface area (Å²) in [5, 5.41) is 19.6. The molecule has 4 aromatic rings. The van der Waals surface area contributed by atoms with Crippen molar-refractivity contribution in [3.8, 4) is 17.1 Å². The summed E-state index contributed by atoms with van der Waals surface area (Å²) in [7, 11) is 0. The van der Waals surface area contributed by atoms with Crippen LogP contribution in [0.2, 0.25) is 0 Å². The zero-order valence-corrected chi connectivity index (χ0v) is 16.6. The van der Waals surface area contributed by atoms with Gasteiger partial charge in [0.25, 0.3) is 0 Å². The molecule has 0 aliphatic rings. The number of aryl methyl sites for hydroxylation is 1. The number of nitrogens with zero attached hydrogens (tertiary/aromatic N) is 7. The van der Waals surface area contributed by atoms with Crippen molar-refractivity contribution < 1.29 is 4.79 Å². The number of amides is 1. The van der Waals surface area contributed by atoms with Gasteiger partial charge in [-0.1, -0.05) is 42.5 Å². The van der Waals surface area contributed by atoms with E-state index >= 15 is 0 Å². The molecule has 0 aliphatic carbocycles. The molecule has 152 valence electrons.